The number of nitrogens with one attached hydrogen (secondary N) is 1. The van der Waals surface area contributed by atoms with Gasteiger partial charge in [-0.05, 0) is 33.6 Å². The van der Waals surface area contributed by atoms with Crippen molar-refractivity contribution < 1.29 is 23.8 Å². The molecule has 2 aromatic carbocycles. The lowest BCUT2D eigenvalue weighted by Gasteiger charge is -2.14. The zero-order valence-corrected chi connectivity index (χ0v) is 16.0. The van der Waals surface area contributed by atoms with Gasteiger partial charge in [0.05, 0.1) is 31.0 Å². The maximum Gasteiger partial charge on any atom is 0.307 e. The molecule has 1 atom stereocenters. The van der Waals surface area contributed by atoms with E-state index in [2.05, 4.69) is 21.2 Å². The third-order valence-electron chi connectivity index (χ3n) is 4.24. The quantitative estimate of drug-likeness (QED) is 0.723. The van der Waals surface area contributed by atoms with Gasteiger partial charge in [-0.1, -0.05) is 24.3 Å². The summed E-state index contributed by atoms with van der Waals surface area (Å²) in [5.41, 5.74) is 2.31. The third kappa shape index (κ3) is 3.53. The molecule has 7 heteroatoms. The molecular formula is C19H18BrNO5. The van der Waals surface area contributed by atoms with Crippen molar-refractivity contribution in [3.63, 3.8) is 0 Å². The van der Waals surface area contributed by atoms with Crippen molar-refractivity contribution in [3.8, 4) is 11.5 Å². The van der Waals surface area contributed by atoms with Crippen LogP contribution in [0.3, 0.4) is 0 Å². The Kier molecular flexibility index (Phi) is 5.46. The molecule has 0 unspecified atom stereocenters. The summed E-state index contributed by atoms with van der Waals surface area (Å²) in [6.45, 7) is 0.0652. The summed E-state index contributed by atoms with van der Waals surface area (Å²) in [7, 11) is 3.09. The monoisotopic (exact) mass is 419 g/mol. The van der Waals surface area contributed by atoms with E-state index in [1.54, 1.807) is 19.2 Å². The van der Waals surface area contributed by atoms with Crippen LogP contribution in [0.4, 0.5) is 5.69 Å². The molecule has 0 radical (unpaired) electrons. The van der Waals surface area contributed by atoms with Crippen LogP contribution >= 0.6 is 15.9 Å². The Bertz CT molecular complexity index is 852. The molecular weight excluding hydrogens is 402 g/mol. The fraction of sp³-hybridized carbons (Fsp3) is 0.263. The zero-order valence-electron chi connectivity index (χ0n) is 14.4. The number of esters is 1. The van der Waals surface area contributed by atoms with Gasteiger partial charge in [0.15, 0.2) is 11.5 Å². The molecule has 1 heterocycles. The van der Waals surface area contributed by atoms with Crippen molar-refractivity contribution in [1.82, 2.24) is 0 Å². The highest BCUT2D eigenvalue weighted by Crippen LogP contribution is 2.38. The summed E-state index contributed by atoms with van der Waals surface area (Å²) < 4.78 is 16.6. The van der Waals surface area contributed by atoms with E-state index in [0.717, 1.165) is 16.8 Å². The minimum absolute atomic E-state index is 0.00620. The van der Waals surface area contributed by atoms with Gasteiger partial charge in [0.2, 0.25) is 5.91 Å². The van der Waals surface area contributed by atoms with Crippen LogP contribution in [-0.4, -0.2) is 26.1 Å². The van der Waals surface area contributed by atoms with E-state index in [1.165, 1.54) is 7.11 Å². The molecule has 1 N–H and O–H groups in total. The summed E-state index contributed by atoms with van der Waals surface area (Å²) in [6, 6.07) is 10.9. The number of amides is 1. The molecule has 0 saturated heterocycles. The minimum Gasteiger partial charge on any atom is -0.493 e. The van der Waals surface area contributed by atoms with Crippen molar-refractivity contribution in [2.75, 3.05) is 19.5 Å². The van der Waals surface area contributed by atoms with Gasteiger partial charge in [-0.2, -0.15) is 0 Å². The number of fused-ring (bicyclic) bond motifs is 1. The number of hydrogen-bond acceptors (Lipinski definition) is 5. The standard InChI is InChI=1S/C19H18BrNO5/c1-24-15-8-7-11(17(20)18(15)25-2)10-26-16(22)9-13-12-5-3-4-6-14(12)21-19(13)23/h3-8,13H,9-10H2,1-2H3,(H,21,23)/t13-/m1/s1. The number of hydrogen-bond donors (Lipinski definition) is 1. The van der Waals surface area contributed by atoms with Crippen molar-refractivity contribution >= 4 is 33.5 Å². The Morgan fingerprint density at radius 2 is 1.92 bits per heavy atom. The molecule has 1 aliphatic rings. The molecule has 0 aromatic heterocycles. The number of carbonyl (C=O) groups excluding carboxylic acids is 2. The second kappa shape index (κ2) is 7.78. The average molecular weight is 420 g/mol. The molecule has 0 aliphatic carbocycles. The average Bonchev–Trinajstić information content (AvgIpc) is 2.96. The lowest BCUT2D eigenvalue weighted by molar-refractivity contribution is -0.146. The largest absolute Gasteiger partial charge is 0.493 e. The topological polar surface area (TPSA) is 73.9 Å². The molecule has 1 amide bonds. The molecule has 0 spiro atoms. The number of carbonyl (C=O) groups is 2. The number of para-hydroxylation sites is 1. The summed E-state index contributed by atoms with van der Waals surface area (Å²) >= 11 is 3.44. The SMILES string of the molecule is COc1ccc(COC(=O)C[C@H]2C(=O)Nc3ccccc32)c(Br)c1OC. The molecule has 1 aliphatic heterocycles. The van der Waals surface area contributed by atoms with Crippen LogP contribution in [0.15, 0.2) is 40.9 Å². The Morgan fingerprint density at radius 1 is 1.15 bits per heavy atom. The van der Waals surface area contributed by atoms with E-state index < -0.39 is 11.9 Å². The van der Waals surface area contributed by atoms with E-state index in [-0.39, 0.29) is 18.9 Å². The zero-order chi connectivity index (χ0) is 18.7. The minimum atomic E-state index is -0.521. The van der Waals surface area contributed by atoms with Gasteiger partial charge in [0.25, 0.3) is 0 Å². The summed E-state index contributed by atoms with van der Waals surface area (Å²) in [5.74, 6) is -0.0367. The van der Waals surface area contributed by atoms with Gasteiger partial charge in [-0.25, -0.2) is 0 Å². The van der Waals surface area contributed by atoms with Crippen LogP contribution in [0.5, 0.6) is 11.5 Å². The lowest BCUT2D eigenvalue weighted by Crippen LogP contribution is -2.17. The number of methoxy groups -OCH3 is 2. The van der Waals surface area contributed by atoms with Crippen LogP contribution in [0.1, 0.15) is 23.5 Å². The van der Waals surface area contributed by atoms with Crippen LogP contribution in [0, 0.1) is 0 Å². The van der Waals surface area contributed by atoms with Gasteiger partial charge in [-0.3, -0.25) is 9.59 Å². The molecule has 26 heavy (non-hydrogen) atoms. The van der Waals surface area contributed by atoms with Crippen LogP contribution in [0.2, 0.25) is 0 Å². The normalized spacial score (nSPS) is 15.2. The number of anilines is 1. The van der Waals surface area contributed by atoms with Gasteiger partial charge in [-0.15, -0.1) is 0 Å². The van der Waals surface area contributed by atoms with Crippen molar-refractivity contribution in [2.45, 2.75) is 18.9 Å². The van der Waals surface area contributed by atoms with Crippen molar-refractivity contribution in [2.24, 2.45) is 0 Å². The van der Waals surface area contributed by atoms with Gasteiger partial charge < -0.3 is 19.5 Å². The van der Waals surface area contributed by atoms with E-state index in [1.807, 2.05) is 24.3 Å². The highest BCUT2D eigenvalue weighted by atomic mass is 79.9. The number of halogens is 1. The summed E-state index contributed by atoms with van der Waals surface area (Å²) in [5, 5.41) is 2.78. The van der Waals surface area contributed by atoms with Crippen molar-refractivity contribution in [3.05, 3.63) is 52.0 Å². The van der Waals surface area contributed by atoms with Gasteiger partial charge in [0.1, 0.15) is 6.61 Å². The first-order valence-electron chi connectivity index (χ1n) is 8.00. The molecule has 6 nitrogen and oxygen atoms in total. The van der Waals surface area contributed by atoms with E-state index >= 15 is 0 Å². The van der Waals surface area contributed by atoms with Crippen LogP contribution in [0.25, 0.3) is 0 Å². The number of benzene rings is 2. The van der Waals surface area contributed by atoms with Gasteiger partial charge in [0, 0.05) is 11.3 Å². The highest BCUT2D eigenvalue weighted by Gasteiger charge is 2.32. The van der Waals surface area contributed by atoms with E-state index in [0.29, 0.717) is 16.0 Å². The van der Waals surface area contributed by atoms with Crippen LogP contribution in [-0.2, 0) is 20.9 Å². The first kappa shape index (κ1) is 18.3. The molecule has 3 rings (SSSR count). The Morgan fingerprint density at radius 3 is 2.65 bits per heavy atom. The molecule has 2 aromatic rings. The Hall–Kier alpha value is -2.54. The summed E-state index contributed by atoms with van der Waals surface area (Å²) in [4.78, 5) is 24.3. The predicted octanol–water partition coefficient (Wildman–Crippen LogP) is 3.64. The lowest BCUT2D eigenvalue weighted by atomic mass is 9.97. The van der Waals surface area contributed by atoms with Crippen LogP contribution < -0.4 is 14.8 Å². The third-order valence-corrected chi connectivity index (χ3v) is 5.10. The highest BCUT2D eigenvalue weighted by molar-refractivity contribution is 9.10. The Labute approximate surface area is 159 Å². The van der Waals surface area contributed by atoms with E-state index in [9.17, 15) is 9.59 Å². The molecule has 0 saturated carbocycles. The molecule has 0 fully saturated rings. The van der Waals surface area contributed by atoms with Crippen molar-refractivity contribution in [1.29, 1.82) is 0 Å². The second-order valence-corrected chi connectivity index (χ2v) is 6.56. The first-order chi connectivity index (χ1) is 12.5. The number of rotatable bonds is 6. The predicted molar refractivity (Wildman–Crippen MR) is 99.5 cm³/mol. The number of ether oxygens (including phenoxy) is 3. The maximum absolute atomic E-state index is 12.2. The van der Waals surface area contributed by atoms with Gasteiger partial charge >= 0.3 is 5.97 Å². The fourth-order valence-corrected chi connectivity index (χ4v) is 3.51. The smallest absolute Gasteiger partial charge is 0.307 e. The maximum atomic E-state index is 12.2. The Balaban J connectivity index is 1.66. The molecule has 0 bridgehead atoms. The van der Waals surface area contributed by atoms with E-state index in [4.69, 9.17) is 14.2 Å². The first-order valence-corrected chi connectivity index (χ1v) is 8.79. The molecule has 136 valence electrons. The fourth-order valence-electron chi connectivity index (χ4n) is 2.90. The second-order valence-electron chi connectivity index (χ2n) is 5.77. The summed E-state index contributed by atoms with van der Waals surface area (Å²) in [6.07, 6.45) is -0.00620.